The van der Waals surface area contributed by atoms with Gasteiger partial charge in [-0.2, -0.15) is 10.2 Å². The highest BCUT2D eigenvalue weighted by atomic mass is 19.3. The number of anilines is 3. The Balaban J connectivity index is 0.828. The molecule has 9 rings (SSSR count). The van der Waals surface area contributed by atoms with E-state index >= 15 is 8.78 Å². The van der Waals surface area contributed by atoms with Crippen molar-refractivity contribution in [2.75, 3.05) is 54.9 Å². The van der Waals surface area contributed by atoms with E-state index in [-0.39, 0.29) is 42.5 Å². The number of piperidine rings is 3. The number of amides is 3. The Kier molecular flexibility index (Phi) is 11.0. The molecule has 3 saturated heterocycles. The quantitative estimate of drug-likeness (QED) is 0.139. The fourth-order valence-corrected chi connectivity index (χ4v) is 10.1. The third kappa shape index (κ3) is 7.70. The van der Waals surface area contributed by atoms with Gasteiger partial charge in [0.05, 0.1) is 47.2 Å². The van der Waals surface area contributed by atoms with E-state index in [1.165, 1.54) is 30.7 Å². The number of nitrogens with one attached hydrogen (secondary N) is 2. The number of carbonyl (C=O) groups excluding carboxylic acids is 3. The summed E-state index contributed by atoms with van der Waals surface area (Å²) in [6.07, 6.45) is 7.86. The van der Waals surface area contributed by atoms with Crippen molar-refractivity contribution < 1.29 is 31.9 Å². The molecule has 1 saturated carbocycles. The van der Waals surface area contributed by atoms with Crippen LogP contribution >= 0.6 is 0 Å². The summed E-state index contributed by atoms with van der Waals surface area (Å²) in [4.78, 5) is 61.6. The maximum atomic E-state index is 16.2. The van der Waals surface area contributed by atoms with Crippen LogP contribution in [0, 0.1) is 5.92 Å². The van der Waals surface area contributed by atoms with Gasteiger partial charge in [0, 0.05) is 52.0 Å². The van der Waals surface area contributed by atoms with Crippen LogP contribution in [0.2, 0.25) is 0 Å². The lowest BCUT2D eigenvalue weighted by molar-refractivity contribution is -0.135. The number of halogens is 4. The first-order valence-electron chi connectivity index (χ1n) is 21.4. The second-order valence-corrected chi connectivity index (χ2v) is 17.2. The summed E-state index contributed by atoms with van der Waals surface area (Å²) in [5.41, 5.74) is 0.752. The average molecular weight is 863 g/mol. The number of alkyl halides is 4. The van der Waals surface area contributed by atoms with E-state index in [2.05, 4.69) is 25.7 Å². The van der Waals surface area contributed by atoms with E-state index < -0.39 is 60.1 Å². The molecule has 4 fully saturated rings. The first-order valence-corrected chi connectivity index (χ1v) is 21.4. The number of carbonyl (C=O) groups is 3. The molecule has 330 valence electrons. The molecule has 0 radical (unpaired) electrons. The van der Waals surface area contributed by atoms with Gasteiger partial charge in [-0.1, -0.05) is 6.07 Å². The summed E-state index contributed by atoms with van der Waals surface area (Å²) >= 11 is 0. The predicted octanol–water partition coefficient (Wildman–Crippen LogP) is 5.31. The van der Waals surface area contributed by atoms with Gasteiger partial charge in [-0.05, 0) is 89.0 Å². The van der Waals surface area contributed by atoms with Gasteiger partial charge in [-0.15, -0.1) is 0 Å². The molecule has 62 heavy (non-hydrogen) atoms. The number of nitrogens with zero attached hydrogens (tertiary/aromatic N) is 10. The molecule has 2 unspecified atom stereocenters. The van der Waals surface area contributed by atoms with Crippen LogP contribution in [0.1, 0.15) is 98.8 Å². The van der Waals surface area contributed by atoms with Crippen molar-refractivity contribution >= 4 is 51.6 Å². The predicted molar refractivity (Wildman–Crippen MR) is 222 cm³/mol. The molecule has 4 aliphatic rings. The molecule has 16 nitrogen and oxygen atoms in total. The Hall–Kier alpha value is -5.79. The maximum absolute atomic E-state index is 16.2. The van der Waals surface area contributed by atoms with Gasteiger partial charge >= 0.3 is 5.69 Å². The van der Waals surface area contributed by atoms with Crippen LogP contribution < -0.4 is 26.1 Å². The van der Waals surface area contributed by atoms with E-state index in [1.54, 1.807) is 48.3 Å². The van der Waals surface area contributed by atoms with Crippen molar-refractivity contribution in [3.05, 3.63) is 64.6 Å². The van der Waals surface area contributed by atoms with Crippen LogP contribution in [0.5, 0.6) is 0 Å². The van der Waals surface area contributed by atoms with Crippen LogP contribution in [0.25, 0.3) is 16.7 Å². The van der Waals surface area contributed by atoms with Crippen LogP contribution in [-0.2, 0) is 16.6 Å². The van der Waals surface area contributed by atoms with E-state index in [1.807, 2.05) is 6.07 Å². The number of imide groups is 1. The third-order valence-corrected chi connectivity index (χ3v) is 13.3. The summed E-state index contributed by atoms with van der Waals surface area (Å²) in [5.74, 6) is -3.86. The molecule has 4 aromatic heterocycles. The molecule has 5 aromatic rings. The Bertz CT molecular complexity index is 2570. The van der Waals surface area contributed by atoms with Crippen LogP contribution in [0.4, 0.5) is 34.8 Å². The van der Waals surface area contributed by atoms with Crippen molar-refractivity contribution in [3.8, 4) is 0 Å². The van der Waals surface area contributed by atoms with E-state index in [0.717, 1.165) is 38.2 Å². The highest BCUT2D eigenvalue weighted by Gasteiger charge is 2.47. The smallest absolute Gasteiger partial charge is 0.329 e. The van der Waals surface area contributed by atoms with Gasteiger partial charge in [0.2, 0.25) is 11.8 Å². The van der Waals surface area contributed by atoms with Gasteiger partial charge < -0.3 is 15.1 Å². The maximum Gasteiger partial charge on any atom is 0.329 e. The molecule has 2 atom stereocenters. The molecule has 0 bridgehead atoms. The Morgan fingerprint density at radius 3 is 2.50 bits per heavy atom. The summed E-state index contributed by atoms with van der Waals surface area (Å²) in [6.45, 7) is 1.91. The number of fused-ring (bicyclic) bond motifs is 2. The number of para-hydroxylation sites is 1. The van der Waals surface area contributed by atoms with Crippen molar-refractivity contribution in [1.29, 1.82) is 0 Å². The summed E-state index contributed by atoms with van der Waals surface area (Å²) < 4.78 is 66.6. The van der Waals surface area contributed by atoms with Gasteiger partial charge in [0.25, 0.3) is 18.3 Å². The molecule has 0 spiro atoms. The van der Waals surface area contributed by atoms with Gasteiger partial charge in [-0.25, -0.2) is 31.9 Å². The van der Waals surface area contributed by atoms with Crippen molar-refractivity contribution in [3.63, 3.8) is 0 Å². The Morgan fingerprint density at radius 2 is 1.77 bits per heavy atom. The normalized spacial score (nSPS) is 23.5. The molecular formula is C42H50F4N12O4. The number of imidazole rings is 1. The molecule has 7 heterocycles. The molecule has 1 aliphatic carbocycles. The fraction of sp³-hybridized carbons (Fsp3) is 0.548. The molecule has 3 aliphatic heterocycles. The second-order valence-electron chi connectivity index (χ2n) is 17.2. The van der Waals surface area contributed by atoms with Gasteiger partial charge in [0.15, 0.2) is 11.3 Å². The van der Waals surface area contributed by atoms with Gasteiger partial charge in [0.1, 0.15) is 17.4 Å². The Labute approximate surface area is 353 Å². The van der Waals surface area contributed by atoms with Crippen molar-refractivity contribution in [2.45, 2.75) is 94.7 Å². The highest BCUT2D eigenvalue weighted by Crippen LogP contribution is 2.39. The minimum absolute atomic E-state index is 0.0858. The summed E-state index contributed by atoms with van der Waals surface area (Å²) in [6, 6.07) is 4.80. The topological polar surface area (TPSA) is 160 Å². The number of hydrogen-bond donors (Lipinski definition) is 2. The number of hydrogen-bond acceptors (Lipinski definition) is 10. The van der Waals surface area contributed by atoms with Crippen molar-refractivity contribution in [2.24, 2.45) is 13.0 Å². The lowest BCUT2D eigenvalue weighted by atomic mass is 9.85. The fourth-order valence-electron chi connectivity index (χ4n) is 10.1. The average Bonchev–Trinajstić information content (AvgIpc) is 3.95. The zero-order valence-corrected chi connectivity index (χ0v) is 34.7. The molecular weight excluding hydrogens is 813 g/mol. The second kappa shape index (κ2) is 16.5. The number of aromatic nitrogens is 7. The summed E-state index contributed by atoms with van der Waals surface area (Å²) in [7, 11) is 3.27. The zero-order chi connectivity index (χ0) is 43.4. The summed E-state index contributed by atoms with van der Waals surface area (Å²) in [5, 5.41) is 13.4. The van der Waals surface area contributed by atoms with Gasteiger partial charge in [-0.3, -0.25) is 38.4 Å². The molecule has 3 amide bonds. The number of rotatable bonds is 10. The lowest BCUT2D eigenvalue weighted by Crippen LogP contribution is -2.58. The third-order valence-electron chi connectivity index (χ3n) is 13.3. The molecule has 20 heteroatoms. The first kappa shape index (κ1) is 41.6. The standard InChI is InChI=1S/C42H50F4N12O4/c1-52(32-15-19-55(24-42(32,45)46)29-7-6-8-30-36(29)53(2)41(62)58(30)31-13-14-34(59)50-40(31)61)22-25-9-11-26(12-10-25)57-23-28(35(51-57)37(43)44)48-39(60)27-21-47-56-20-16-33(49-38(27)56)54-17-4-3-5-18-54/h6-8,16,20-21,23,25-26,31-32,37H,3-5,9-15,17-19,22,24H2,1-2H3,(H,48,60)(H,50,59,61)/t25-,26-,31?,32?. The van der Waals surface area contributed by atoms with E-state index in [0.29, 0.717) is 61.1 Å². The number of aryl methyl sites for hydroxylation is 1. The zero-order valence-electron chi connectivity index (χ0n) is 34.7. The van der Waals surface area contributed by atoms with E-state index in [9.17, 15) is 28.0 Å². The largest absolute Gasteiger partial charge is 0.364 e. The van der Waals surface area contributed by atoms with Crippen LogP contribution in [0.3, 0.4) is 0 Å². The highest BCUT2D eigenvalue weighted by molar-refractivity contribution is 6.08. The SMILES string of the molecule is CN(C[C@H]1CC[C@H](n2cc(NC(=O)c3cnn4ccc(N5CCCCC5)nc34)c(C(F)F)n2)CC1)C1CCN(c2cccc3c2n(C)c(=O)n3C2CCC(=O)NC2=O)CC1(F)F. The van der Waals surface area contributed by atoms with E-state index in [4.69, 9.17) is 4.98 Å². The first-order chi connectivity index (χ1) is 29.8. The minimum Gasteiger partial charge on any atom is -0.364 e. The van der Waals surface area contributed by atoms with Crippen LogP contribution in [-0.4, -0.2) is 108 Å². The van der Waals surface area contributed by atoms with Crippen molar-refractivity contribution in [1.82, 2.24) is 43.7 Å². The van der Waals surface area contributed by atoms with Crippen LogP contribution in [0.15, 0.2) is 47.7 Å². The molecule has 1 aromatic carbocycles. The number of benzene rings is 1. The minimum atomic E-state index is -3.10. The Morgan fingerprint density at radius 1 is 1.00 bits per heavy atom. The lowest BCUT2D eigenvalue weighted by Gasteiger charge is -2.44. The molecule has 2 N–H and O–H groups in total. The monoisotopic (exact) mass is 862 g/mol.